The third kappa shape index (κ3) is 1.55. The lowest BCUT2D eigenvalue weighted by Crippen LogP contribution is -2.41. The maximum Gasteiger partial charge on any atom is 0.129 e. The monoisotopic (exact) mass is 211 g/mol. The molecule has 1 aliphatic rings. The fraction of sp³-hybridized carbons (Fsp3) is 0.500. The summed E-state index contributed by atoms with van der Waals surface area (Å²) in [5, 5.41) is 0. The lowest BCUT2D eigenvalue weighted by atomic mass is 9.64. The van der Waals surface area contributed by atoms with Crippen LogP contribution in [-0.4, -0.2) is 6.54 Å². The molecule has 0 aliphatic heterocycles. The molecule has 1 aromatic rings. The maximum absolute atomic E-state index is 13.4. The van der Waals surface area contributed by atoms with Gasteiger partial charge in [0.05, 0.1) is 0 Å². The van der Waals surface area contributed by atoms with Crippen LogP contribution < -0.4 is 5.73 Å². The number of hydrogen-bond donors (Lipinski definition) is 1. The standard InChI is InChI=1S/C12H15F2N/c1-8-10(13)5-9(6-11(8)14)12(7-15)3-2-4-12/h5-6H,2-4,7,15H2,1H3. The van der Waals surface area contributed by atoms with Crippen LogP contribution in [0.4, 0.5) is 8.78 Å². The zero-order chi connectivity index (χ0) is 11.1. The van der Waals surface area contributed by atoms with Gasteiger partial charge in [0, 0.05) is 17.5 Å². The molecule has 1 aromatic carbocycles. The summed E-state index contributed by atoms with van der Waals surface area (Å²) in [4.78, 5) is 0. The van der Waals surface area contributed by atoms with Gasteiger partial charge in [-0.15, -0.1) is 0 Å². The van der Waals surface area contributed by atoms with Crippen LogP contribution in [0, 0.1) is 18.6 Å². The highest BCUT2D eigenvalue weighted by Gasteiger charge is 2.38. The van der Waals surface area contributed by atoms with Crippen LogP contribution in [0.1, 0.15) is 30.4 Å². The number of benzene rings is 1. The van der Waals surface area contributed by atoms with E-state index in [0.29, 0.717) is 6.54 Å². The molecule has 0 radical (unpaired) electrons. The Hall–Kier alpha value is -0.960. The molecule has 0 aromatic heterocycles. The minimum atomic E-state index is -0.468. The molecule has 0 atom stereocenters. The van der Waals surface area contributed by atoms with Gasteiger partial charge in [-0.2, -0.15) is 0 Å². The SMILES string of the molecule is Cc1c(F)cc(C2(CN)CCC2)cc1F. The van der Waals surface area contributed by atoms with E-state index in [-0.39, 0.29) is 11.0 Å². The predicted molar refractivity (Wildman–Crippen MR) is 55.7 cm³/mol. The minimum absolute atomic E-state index is 0.0882. The van der Waals surface area contributed by atoms with E-state index < -0.39 is 11.6 Å². The van der Waals surface area contributed by atoms with Crippen LogP contribution in [0.25, 0.3) is 0 Å². The molecule has 15 heavy (non-hydrogen) atoms. The lowest BCUT2D eigenvalue weighted by Gasteiger charge is -2.41. The van der Waals surface area contributed by atoms with Gasteiger partial charge in [-0.25, -0.2) is 8.78 Å². The summed E-state index contributed by atoms with van der Waals surface area (Å²) in [6.07, 6.45) is 2.96. The summed E-state index contributed by atoms with van der Waals surface area (Å²) in [5.74, 6) is -0.936. The molecule has 1 saturated carbocycles. The van der Waals surface area contributed by atoms with Gasteiger partial charge in [0.2, 0.25) is 0 Å². The molecule has 0 heterocycles. The molecule has 1 fully saturated rings. The van der Waals surface area contributed by atoms with E-state index in [1.165, 1.54) is 19.1 Å². The molecule has 0 saturated heterocycles. The van der Waals surface area contributed by atoms with Crippen molar-refractivity contribution in [2.24, 2.45) is 5.73 Å². The van der Waals surface area contributed by atoms with Gasteiger partial charge < -0.3 is 5.73 Å². The Kier molecular flexibility index (Phi) is 2.51. The van der Waals surface area contributed by atoms with Gasteiger partial charge in [-0.1, -0.05) is 6.42 Å². The van der Waals surface area contributed by atoms with Gasteiger partial charge in [0.15, 0.2) is 0 Å². The average molecular weight is 211 g/mol. The van der Waals surface area contributed by atoms with Gasteiger partial charge in [0.1, 0.15) is 11.6 Å². The average Bonchev–Trinajstić information content (AvgIpc) is 2.13. The van der Waals surface area contributed by atoms with Crippen molar-refractivity contribution in [3.63, 3.8) is 0 Å². The molecule has 2 rings (SSSR count). The molecule has 0 amide bonds. The molecule has 1 nitrogen and oxygen atoms in total. The van der Waals surface area contributed by atoms with Crippen molar-refractivity contribution in [1.82, 2.24) is 0 Å². The van der Waals surface area contributed by atoms with Crippen LogP contribution in [0.5, 0.6) is 0 Å². The van der Waals surface area contributed by atoms with Crippen LogP contribution in [0.15, 0.2) is 12.1 Å². The van der Waals surface area contributed by atoms with E-state index in [1.54, 1.807) is 0 Å². The first-order chi connectivity index (χ1) is 7.09. The Balaban J connectivity index is 2.45. The second-order valence-electron chi connectivity index (χ2n) is 4.40. The van der Waals surface area contributed by atoms with E-state index in [4.69, 9.17) is 5.73 Å². The molecule has 2 N–H and O–H groups in total. The number of hydrogen-bond acceptors (Lipinski definition) is 1. The minimum Gasteiger partial charge on any atom is -0.330 e. The van der Waals surface area contributed by atoms with Gasteiger partial charge in [-0.05, 0) is 37.5 Å². The van der Waals surface area contributed by atoms with Crippen LogP contribution in [0.2, 0.25) is 0 Å². The van der Waals surface area contributed by atoms with Crippen LogP contribution in [0.3, 0.4) is 0 Å². The summed E-state index contributed by atoms with van der Waals surface area (Å²) in [7, 11) is 0. The zero-order valence-corrected chi connectivity index (χ0v) is 8.82. The topological polar surface area (TPSA) is 26.0 Å². The van der Waals surface area contributed by atoms with E-state index in [9.17, 15) is 8.78 Å². The summed E-state index contributed by atoms with van der Waals surface area (Å²) in [6, 6.07) is 2.87. The summed E-state index contributed by atoms with van der Waals surface area (Å²) >= 11 is 0. The van der Waals surface area contributed by atoms with E-state index in [0.717, 1.165) is 24.8 Å². The number of rotatable bonds is 2. The maximum atomic E-state index is 13.4. The van der Waals surface area contributed by atoms with Gasteiger partial charge >= 0.3 is 0 Å². The fourth-order valence-electron chi connectivity index (χ4n) is 2.17. The third-order valence-electron chi connectivity index (χ3n) is 3.59. The Labute approximate surface area is 88.3 Å². The van der Waals surface area contributed by atoms with Gasteiger partial charge in [0.25, 0.3) is 0 Å². The van der Waals surface area contributed by atoms with E-state index in [1.807, 2.05) is 0 Å². The van der Waals surface area contributed by atoms with Gasteiger partial charge in [-0.3, -0.25) is 0 Å². The summed E-state index contributed by atoms with van der Waals surface area (Å²) in [6.45, 7) is 1.92. The van der Waals surface area contributed by atoms with Crippen molar-refractivity contribution >= 4 is 0 Å². The van der Waals surface area contributed by atoms with E-state index >= 15 is 0 Å². The van der Waals surface area contributed by atoms with Crippen molar-refractivity contribution in [3.8, 4) is 0 Å². The Bertz CT molecular complexity index is 355. The highest BCUT2D eigenvalue weighted by Crippen LogP contribution is 2.43. The lowest BCUT2D eigenvalue weighted by molar-refractivity contribution is 0.251. The first kappa shape index (κ1) is 10.6. The third-order valence-corrected chi connectivity index (χ3v) is 3.59. The van der Waals surface area contributed by atoms with Crippen LogP contribution >= 0.6 is 0 Å². The normalized spacial score (nSPS) is 18.7. The Morgan fingerprint density at radius 2 is 1.80 bits per heavy atom. The predicted octanol–water partition coefficient (Wildman–Crippen LogP) is 2.65. The molecular formula is C12H15F2N. The summed E-state index contributed by atoms with van der Waals surface area (Å²) in [5.41, 5.74) is 6.33. The Morgan fingerprint density at radius 3 is 2.13 bits per heavy atom. The van der Waals surface area contributed by atoms with Crippen molar-refractivity contribution in [2.45, 2.75) is 31.6 Å². The molecule has 82 valence electrons. The smallest absolute Gasteiger partial charge is 0.129 e. The molecule has 0 spiro atoms. The highest BCUT2D eigenvalue weighted by molar-refractivity contribution is 5.33. The molecule has 0 bridgehead atoms. The number of nitrogens with two attached hydrogens (primary N) is 1. The largest absolute Gasteiger partial charge is 0.330 e. The second-order valence-corrected chi connectivity index (χ2v) is 4.40. The molecule has 1 aliphatic carbocycles. The highest BCUT2D eigenvalue weighted by atomic mass is 19.1. The molecule has 0 unspecified atom stereocenters. The fourth-order valence-corrected chi connectivity index (χ4v) is 2.17. The molecular weight excluding hydrogens is 196 g/mol. The molecule has 3 heteroatoms. The first-order valence-corrected chi connectivity index (χ1v) is 5.25. The second kappa shape index (κ2) is 3.56. The van der Waals surface area contributed by atoms with Crippen molar-refractivity contribution in [1.29, 1.82) is 0 Å². The number of halogens is 2. The summed E-state index contributed by atoms with van der Waals surface area (Å²) < 4.78 is 26.8. The quantitative estimate of drug-likeness (QED) is 0.799. The van der Waals surface area contributed by atoms with Crippen molar-refractivity contribution in [2.75, 3.05) is 6.54 Å². The van der Waals surface area contributed by atoms with E-state index in [2.05, 4.69) is 0 Å². The zero-order valence-electron chi connectivity index (χ0n) is 8.82. The first-order valence-electron chi connectivity index (χ1n) is 5.25. The van der Waals surface area contributed by atoms with Crippen LogP contribution in [-0.2, 0) is 5.41 Å². The van der Waals surface area contributed by atoms with Crippen molar-refractivity contribution < 1.29 is 8.78 Å². The van der Waals surface area contributed by atoms with Crippen molar-refractivity contribution in [3.05, 3.63) is 34.9 Å². The Morgan fingerprint density at radius 1 is 1.27 bits per heavy atom.